The standard InChI is InChI=1S/C19H22O4/c1-10(2)15-11-8-13-16-18(3,12(11)9-14(20)23-15)6-5-7-19(16,4)17(21)22-13/h5,7-10,13,15-16H,6H2,1-4H3/t13-,15-,16-,18-,19+/m1/s1. The molecule has 1 fully saturated rings. The molecule has 2 aliphatic carbocycles. The molecule has 0 saturated carbocycles. The number of cyclic esters (lactones) is 1. The number of hydrogen-bond donors (Lipinski definition) is 0. The van der Waals surface area contributed by atoms with Gasteiger partial charge in [0.2, 0.25) is 0 Å². The molecule has 5 atom stereocenters. The van der Waals surface area contributed by atoms with E-state index in [1.165, 1.54) is 0 Å². The van der Waals surface area contributed by atoms with Gasteiger partial charge < -0.3 is 9.47 Å². The van der Waals surface area contributed by atoms with Gasteiger partial charge in [-0.05, 0) is 36.5 Å². The predicted octanol–water partition coefficient (Wildman–Crippen LogP) is 2.95. The largest absolute Gasteiger partial charge is 0.457 e. The molecule has 122 valence electrons. The van der Waals surface area contributed by atoms with Crippen LogP contribution in [0, 0.1) is 22.7 Å². The van der Waals surface area contributed by atoms with E-state index in [4.69, 9.17) is 9.47 Å². The van der Waals surface area contributed by atoms with Crippen molar-refractivity contribution in [1.82, 2.24) is 0 Å². The van der Waals surface area contributed by atoms with Crippen molar-refractivity contribution in [3.8, 4) is 0 Å². The van der Waals surface area contributed by atoms with Gasteiger partial charge in [0, 0.05) is 17.4 Å². The Morgan fingerprint density at radius 1 is 1.22 bits per heavy atom. The molecule has 0 aromatic rings. The summed E-state index contributed by atoms with van der Waals surface area (Å²) >= 11 is 0. The van der Waals surface area contributed by atoms with Crippen molar-refractivity contribution in [2.75, 3.05) is 0 Å². The van der Waals surface area contributed by atoms with Gasteiger partial charge in [-0.15, -0.1) is 0 Å². The van der Waals surface area contributed by atoms with Crippen molar-refractivity contribution < 1.29 is 19.1 Å². The number of carbonyl (C=O) groups is 2. The van der Waals surface area contributed by atoms with E-state index in [0.717, 1.165) is 17.6 Å². The lowest BCUT2D eigenvalue weighted by atomic mass is 9.51. The first-order valence-electron chi connectivity index (χ1n) is 8.31. The zero-order valence-corrected chi connectivity index (χ0v) is 14.0. The Kier molecular flexibility index (Phi) is 2.80. The molecular formula is C19H22O4. The fourth-order valence-electron chi connectivity index (χ4n) is 4.99. The first kappa shape index (κ1) is 14.7. The van der Waals surface area contributed by atoms with Gasteiger partial charge in [0.25, 0.3) is 0 Å². The maximum absolute atomic E-state index is 12.5. The van der Waals surface area contributed by atoms with Gasteiger partial charge in [0.1, 0.15) is 12.2 Å². The predicted molar refractivity (Wildman–Crippen MR) is 84.2 cm³/mol. The Morgan fingerprint density at radius 2 is 1.96 bits per heavy atom. The average Bonchev–Trinajstić information content (AvgIpc) is 2.72. The zero-order chi connectivity index (χ0) is 16.6. The van der Waals surface area contributed by atoms with E-state index >= 15 is 0 Å². The monoisotopic (exact) mass is 314 g/mol. The Hall–Kier alpha value is -1.84. The zero-order valence-electron chi connectivity index (χ0n) is 14.0. The molecule has 0 unspecified atom stereocenters. The van der Waals surface area contributed by atoms with Gasteiger partial charge >= 0.3 is 11.9 Å². The first-order chi connectivity index (χ1) is 10.8. The van der Waals surface area contributed by atoms with E-state index in [9.17, 15) is 9.59 Å². The van der Waals surface area contributed by atoms with Crippen LogP contribution in [0.5, 0.6) is 0 Å². The van der Waals surface area contributed by atoms with Crippen molar-refractivity contribution in [3.63, 3.8) is 0 Å². The van der Waals surface area contributed by atoms with E-state index in [1.807, 2.05) is 32.9 Å². The summed E-state index contributed by atoms with van der Waals surface area (Å²) in [6.45, 7) is 8.20. The summed E-state index contributed by atoms with van der Waals surface area (Å²) in [5.41, 5.74) is 1.16. The normalized spacial score (nSPS) is 44.1. The Balaban J connectivity index is 1.94. The maximum atomic E-state index is 12.5. The smallest absolute Gasteiger partial charge is 0.331 e. The molecule has 0 radical (unpaired) electrons. The quantitative estimate of drug-likeness (QED) is 0.551. The minimum atomic E-state index is -0.616. The van der Waals surface area contributed by atoms with E-state index < -0.39 is 5.41 Å². The van der Waals surface area contributed by atoms with Gasteiger partial charge in [-0.2, -0.15) is 0 Å². The maximum Gasteiger partial charge on any atom is 0.331 e. The van der Waals surface area contributed by atoms with Gasteiger partial charge in [-0.25, -0.2) is 4.79 Å². The number of rotatable bonds is 1. The molecule has 1 saturated heterocycles. The summed E-state index contributed by atoms with van der Waals surface area (Å²) in [6, 6.07) is 0. The average molecular weight is 314 g/mol. The van der Waals surface area contributed by atoms with Gasteiger partial charge in [-0.1, -0.05) is 32.9 Å². The molecule has 0 bridgehead atoms. The minimum Gasteiger partial charge on any atom is -0.457 e. The summed E-state index contributed by atoms with van der Waals surface area (Å²) in [6.07, 6.45) is 8.00. The van der Waals surface area contributed by atoms with Crippen LogP contribution in [0.3, 0.4) is 0 Å². The molecular weight excluding hydrogens is 292 g/mol. The third kappa shape index (κ3) is 1.72. The molecule has 0 amide bonds. The molecule has 23 heavy (non-hydrogen) atoms. The lowest BCUT2D eigenvalue weighted by Gasteiger charge is -2.51. The number of hydrogen-bond acceptors (Lipinski definition) is 4. The second-order valence-electron chi connectivity index (χ2n) is 7.94. The van der Waals surface area contributed by atoms with Crippen molar-refractivity contribution >= 4 is 11.9 Å². The lowest BCUT2D eigenvalue weighted by Crippen LogP contribution is -2.50. The first-order valence-corrected chi connectivity index (χ1v) is 8.31. The molecule has 4 rings (SSSR count). The van der Waals surface area contributed by atoms with Crippen LogP contribution in [0.4, 0.5) is 0 Å². The second kappa shape index (κ2) is 4.37. The van der Waals surface area contributed by atoms with Crippen molar-refractivity contribution in [2.45, 2.75) is 46.3 Å². The van der Waals surface area contributed by atoms with Crippen LogP contribution in [0.1, 0.15) is 34.1 Å². The van der Waals surface area contributed by atoms with E-state index in [0.29, 0.717) is 0 Å². The fourth-order valence-corrected chi connectivity index (χ4v) is 4.99. The summed E-state index contributed by atoms with van der Waals surface area (Å²) in [7, 11) is 0. The Labute approximate surface area is 136 Å². The van der Waals surface area contributed by atoms with E-state index in [1.54, 1.807) is 6.08 Å². The highest BCUT2D eigenvalue weighted by atomic mass is 16.6. The van der Waals surface area contributed by atoms with Crippen LogP contribution in [0.2, 0.25) is 0 Å². The van der Waals surface area contributed by atoms with Crippen LogP contribution in [0.15, 0.2) is 35.5 Å². The summed E-state index contributed by atoms with van der Waals surface area (Å²) in [5.74, 6) is -0.242. The number of carbonyl (C=O) groups excluding carboxylic acids is 2. The topological polar surface area (TPSA) is 52.6 Å². The molecule has 2 aliphatic heterocycles. The van der Waals surface area contributed by atoms with Crippen LogP contribution < -0.4 is 0 Å². The molecule has 0 spiro atoms. The summed E-state index contributed by atoms with van der Waals surface area (Å²) in [4.78, 5) is 24.6. The lowest BCUT2D eigenvalue weighted by molar-refractivity contribution is -0.146. The van der Waals surface area contributed by atoms with E-state index in [-0.39, 0.29) is 41.4 Å². The molecule has 0 aromatic heterocycles. The van der Waals surface area contributed by atoms with E-state index in [2.05, 4.69) is 13.0 Å². The summed E-state index contributed by atoms with van der Waals surface area (Å²) < 4.78 is 11.3. The van der Waals surface area contributed by atoms with Crippen LogP contribution >= 0.6 is 0 Å². The fraction of sp³-hybridized carbons (Fsp3) is 0.579. The van der Waals surface area contributed by atoms with Crippen LogP contribution in [-0.4, -0.2) is 24.1 Å². The van der Waals surface area contributed by atoms with Crippen molar-refractivity contribution in [3.05, 3.63) is 35.5 Å². The van der Waals surface area contributed by atoms with Gasteiger partial charge in [0.05, 0.1) is 5.41 Å². The highest BCUT2D eigenvalue weighted by Gasteiger charge is 2.64. The molecule has 0 N–H and O–H groups in total. The number of allylic oxidation sites excluding steroid dienone is 1. The Bertz CT molecular complexity index is 698. The van der Waals surface area contributed by atoms with Crippen LogP contribution in [0.25, 0.3) is 0 Å². The molecule has 4 aliphatic rings. The Morgan fingerprint density at radius 3 is 2.65 bits per heavy atom. The highest BCUT2D eigenvalue weighted by Crippen LogP contribution is 2.62. The SMILES string of the molecule is CC(C)[C@H]1OC(=O)C=C2C1=C[C@H]1OC(=O)[C@@]3(C)C=CC[C@@]2(C)[C@@H]13. The summed E-state index contributed by atoms with van der Waals surface area (Å²) in [5, 5.41) is 0. The van der Waals surface area contributed by atoms with Gasteiger partial charge in [0.15, 0.2) is 0 Å². The number of esters is 2. The van der Waals surface area contributed by atoms with Crippen LogP contribution in [-0.2, 0) is 19.1 Å². The number of fused-ring (bicyclic) bond motifs is 2. The third-order valence-electron chi connectivity index (χ3n) is 6.04. The minimum absolute atomic E-state index is 0.0289. The second-order valence-corrected chi connectivity index (χ2v) is 7.94. The van der Waals surface area contributed by atoms with Gasteiger partial charge in [-0.3, -0.25) is 4.79 Å². The van der Waals surface area contributed by atoms with Crippen molar-refractivity contribution in [1.29, 1.82) is 0 Å². The molecule has 4 nitrogen and oxygen atoms in total. The highest BCUT2D eigenvalue weighted by molar-refractivity contribution is 5.88. The van der Waals surface area contributed by atoms with Crippen molar-refractivity contribution in [2.24, 2.45) is 22.7 Å². The molecule has 4 heteroatoms. The number of ether oxygens (including phenoxy) is 2. The molecule has 0 aromatic carbocycles. The third-order valence-corrected chi connectivity index (χ3v) is 6.04. The molecule has 2 heterocycles.